The van der Waals surface area contributed by atoms with Crippen molar-refractivity contribution in [2.75, 3.05) is 0 Å². The molecule has 0 fully saturated rings. The molecule has 0 aliphatic heterocycles. The van der Waals surface area contributed by atoms with Gasteiger partial charge in [-0.25, -0.2) is 9.97 Å². The monoisotopic (exact) mass is 327 g/mol. The zero-order valence-electron chi connectivity index (χ0n) is 14.5. The van der Waals surface area contributed by atoms with Crippen LogP contribution in [0.15, 0.2) is 18.5 Å². The quantitative estimate of drug-likeness (QED) is 0.786. The zero-order valence-corrected chi connectivity index (χ0v) is 14.5. The van der Waals surface area contributed by atoms with Crippen LogP contribution in [-0.2, 0) is 7.05 Å². The van der Waals surface area contributed by atoms with E-state index in [1.54, 1.807) is 10.6 Å². The summed E-state index contributed by atoms with van der Waals surface area (Å²) >= 11 is 0. The number of aryl methyl sites for hydroxylation is 3. The molecular formula is C16H21N7O. The van der Waals surface area contributed by atoms with E-state index in [-0.39, 0.29) is 23.7 Å². The van der Waals surface area contributed by atoms with Crippen LogP contribution in [0.2, 0.25) is 0 Å². The Balaban J connectivity index is 1.96. The van der Waals surface area contributed by atoms with Crippen LogP contribution >= 0.6 is 0 Å². The predicted molar refractivity (Wildman–Crippen MR) is 88.5 cm³/mol. The van der Waals surface area contributed by atoms with Crippen molar-refractivity contribution in [1.82, 2.24) is 34.4 Å². The van der Waals surface area contributed by atoms with Crippen LogP contribution in [-0.4, -0.2) is 35.0 Å². The van der Waals surface area contributed by atoms with E-state index >= 15 is 0 Å². The first-order valence-electron chi connectivity index (χ1n) is 7.86. The van der Waals surface area contributed by atoms with Gasteiger partial charge in [-0.05, 0) is 25.8 Å². The SMILES string of the molecule is Cc1cc(C)n2c(C(=O)N[C@H](c3nccn3C)C(C)C)nnc2n1. The third-order valence-corrected chi connectivity index (χ3v) is 3.99. The van der Waals surface area contributed by atoms with Crippen LogP contribution in [0.3, 0.4) is 0 Å². The predicted octanol–water partition coefficient (Wildman–Crippen LogP) is 1.60. The molecule has 8 nitrogen and oxygen atoms in total. The highest BCUT2D eigenvalue weighted by Crippen LogP contribution is 2.20. The number of nitrogens with one attached hydrogen (secondary N) is 1. The van der Waals surface area contributed by atoms with Gasteiger partial charge in [0.2, 0.25) is 5.82 Å². The Hall–Kier alpha value is -2.77. The summed E-state index contributed by atoms with van der Waals surface area (Å²) in [6.45, 7) is 7.87. The lowest BCUT2D eigenvalue weighted by atomic mass is 10.0. The van der Waals surface area contributed by atoms with Gasteiger partial charge in [-0.2, -0.15) is 0 Å². The lowest BCUT2D eigenvalue weighted by Crippen LogP contribution is -2.34. The van der Waals surface area contributed by atoms with Gasteiger partial charge in [0.05, 0.1) is 6.04 Å². The van der Waals surface area contributed by atoms with E-state index < -0.39 is 0 Å². The first-order chi connectivity index (χ1) is 11.4. The van der Waals surface area contributed by atoms with Crippen molar-refractivity contribution in [2.45, 2.75) is 33.7 Å². The third-order valence-electron chi connectivity index (χ3n) is 3.99. The summed E-state index contributed by atoms with van der Waals surface area (Å²) < 4.78 is 3.57. The summed E-state index contributed by atoms with van der Waals surface area (Å²) in [7, 11) is 1.91. The average molecular weight is 327 g/mol. The molecule has 0 aromatic carbocycles. The van der Waals surface area contributed by atoms with Crippen molar-refractivity contribution >= 4 is 11.7 Å². The summed E-state index contributed by atoms with van der Waals surface area (Å²) in [5, 5.41) is 11.1. The minimum Gasteiger partial charge on any atom is -0.339 e. The molecule has 0 saturated heterocycles. The van der Waals surface area contributed by atoms with Crippen LogP contribution in [0.4, 0.5) is 0 Å². The van der Waals surface area contributed by atoms with Gasteiger partial charge in [0, 0.05) is 30.8 Å². The van der Waals surface area contributed by atoms with E-state index in [1.807, 2.05) is 51.6 Å². The topological polar surface area (TPSA) is 90.0 Å². The van der Waals surface area contributed by atoms with Crippen molar-refractivity contribution in [1.29, 1.82) is 0 Å². The van der Waals surface area contributed by atoms with Crippen LogP contribution in [0.5, 0.6) is 0 Å². The molecule has 0 unspecified atom stereocenters. The minimum atomic E-state index is -0.294. The standard InChI is InChI=1S/C16H21N7O/c1-9(2)12(13-17-6-7-22(13)5)19-15(24)14-20-21-16-18-10(3)8-11(4)23(14)16/h6-9,12H,1-5H3,(H,19,24)/t12-/m0/s1. The highest BCUT2D eigenvalue weighted by Gasteiger charge is 2.25. The number of aromatic nitrogens is 6. The van der Waals surface area contributed by atoms with E-state index in [2.05, 4.69) is 25.5 Å². The normalized spacial score (nSPS) is 12.8. The average Bonchev–Trinajstić information content (AvgIpc) is 3.10. The summed E-state index contributed by atoms with van der Waals surface area (Å²) in [4.78, 5) is 21.4. The Kier molecular flexibility index (Phi) is 4.04. The van der Waals surface area contributed by atoms with Gasteiger partial charge in [0.25, 0.3) is 11.7 Å². The molecule has 3 aromatic heterocycles. The summed E-state index contributed by atoms with van der Waals surface area (Å²) in [5.74, 6) is 1.34. The first-order valence-corrected chi connectivity index (χ1v) is 7.86. The number of rotatable bonds is 4. The van der Waals surface area contributed by atoms with Crippen LogP contribution < -0.4 is 5.32 Å². The molecule has 3 heterocycles. The molecular weight excluding hydrogens is 306 g/mol. The van der Waals surface area contributed by atoms with Gasteiger partial charge in [0.1, 0.15) is 5.82 Å². The summed E-state index contributed by atoms with van der Waals surface area (Å²) in [6.07, 6.45) is 3.58. The molecule has 1 atom stereocenters. The Morgan fingerprint density at radius 2 is 2.00 bits per heavy atom. The number of imidazole rings is 1. The van der Waals surface area contributed by atoms with E-state index in [0.717, 1.165) is 17.2 Å². The number of fused-ring (bicyclic) bond motifs is 1. The number of carbonyl (C=O) groups excluding carboxylic acids is 1. The van der Waals surface area contributed by atoms with Gasteiger partial charge >= 0.3 is 0 Å². The van der Waals surface area contributed by atoms with Crippen molar-refractivity contribution in [3.8, 4) is 0 Å². The van der Waals surface area contributed by atoms with Crippen molar-refractivity contribution < 1.29 is 4.79 Å². The fraction of sp³-hybridized carbons (Fsp3) is 0.438. The Morgan fingerprint density at radius 3 is 2.62 bits per heavy atom. The smallest absolute Gasteiger partial charge is 0.290 e. The molecule has 3 rings (SSSR count). The molecule has 0 bridgehead atoms. The Bertz CT molecular complexity index is 893. The molecule has 0 spiro atoms. The number of nitrogens with zero attached hydrogens (tertiary/aromatic N) is 6. The highest BCUT2D eigenvalue weighted by atomic mass is 16.2. The van der Waals surface area contributed by atoms with Crippen molar-refractivity contribution in [3.05, 3.63) is 41.5 Å². The molecule has 126 valence electrons. The maximum atomic E-state index is 12.8. The maximum absolute atomic E-state index is 12.8. The second-order valence-electron chi connectivity index (χ2n) is 6.29. The summed E-state index contributed by atoms with van der Waals surface area (Å²) in [6, 6.07) is 1.68. The number of amides is 1. The third kappa shape index (κ3) is 2.75. The molecule has 24 heavy (non-hydrogen) atoms. The zero-order chi connectivity index (χ0) is 17.4. The number of carbonyl (C=O) groups is 1. The molecule has 8 heteroatoms. The lowest BCUT2D eigenvalue weighted by Gasteiger charge is -2.21. The minimum absolute atomic E-state index is 0.177. The van der Waals surface area contributed by atoms with E-state index in [0.29, 0.717) is 5.78 Å². The molecule has 0 radical (unpaired) electrons. The van der Waals surface area contributed by atoms with E-state index in [1.165, 1.54) is 0 Å². The molecule has 1 N–H and O–H groups in total. The van der Waals surface area contributed by atoms with Gasteiger partial charge in [-0.15, -0.1) is 10.2 Å². The first kappa shape index (κ1) is 16.1. The van der Waals surface area contributed by atoms with Crippen LogP contribution in [0.25, 0.3) is 5.78 Å². The largest absolute Gasteiger partial charge is 0.339 e. The fourth-order valence-corrected chi connectivity index (χ4v) is 2.79. The molecule has 0 aliphatic rings. The maximum Gasteiger partial charge on any atom is 0.290 e. The Labute approximate surface area is 140 Å². The van der Waals surface area contributed by atoms with E-state index in [9.17, 15) is 4.79 Å². The lowest BCUT2D eigenvalue weighted by molar-refractivity contribution is 0.0910. The second-order valence-corrected chi connectivity index (χ2v) is 6.29. The van der Waals surface area contributed by atoms with Gasteiger partial charge in [-0.1, -0.05) is 13.8 Å². The molecule has 0 saturated carbocycles. The van der Waals surface area contributed by atoms with Gasteiger partial charge in [-0.3, -0.25) is 9.20 Å². The van der Waals surface area contributed by atoms with Crippen molar-refractivity contribution in [2.24, 2.45) is 13.0 Å². The molecule has 0 aliphatic carbocycles. The van der Waals surface area contributed by atoms with Gasteiger partial charge in [0.15, 0.2) is 0 Å². The van der Waals surface area contributed by atoms with Crippen molar-refractivity contribution in [3.63, 3.8) is 0 Å². The second kappa shape index (κ2) is 6.03. The number of hydrogen-bond acceptors (Lipinski definition) is 5. The van der Waals surface area contributed by atoms with Crippen LogP contribution in [0, 0.1) is 19.8 Å². The fourth-order valence-electron chi connectivity index (χ4n) is 2.79. The number of hydrogen-bond donors (Lipinski definition) is 1. The Morgan fingerprint density at radius 1 is 1.25 bits per heavy atom. The summed E-state index contributed by atoms with van der Waals surface area (Å²) in [5.41, 5.74) is 1.71. The highest BCUT2D eigenvalue weighted by molar-refractivity contribution is 5.91. The van der Waals surface area contributed by atoms with Crippen LogP contribution in [0.1, 0.15) is 47.7 Å². The van der Waals surface area contributed by atoms with Gasteiger partial charge < -0.3 is 9.88 Å². The van der Waals surface area contributed by atoms with E-state index in [4.69, 9.17) is 0 Å². The molecule has 1 amide bonds. The molecule has 3 aromatic rings.